The quantitative estimate of drug-likeness (QED) is 0.599. The van der Waals surface area contributed by atoms with E-state index in [1.165, 1.54) is 29.7 Å². The third kappa shape index (κ3) is 1.74. The lowest BCUT2D eigenvalue weighted by atomic mass is 9.92. The van der Waals surface area contributed by atoms with Crippen molar-refractivity contribution in [1.29, 1.82) is 0 Å². The summed E-state index contributed by atoms with van der Waals surface area (Å²) >= 11 is 0. The standard InChI is InChI=1S/C16H15NO.ClH/c1-10-11-6-2-4-8-13(11)17-15-12-7-3-5-9-14(12)18-16(10)15;/h3,5,7,9H,2,4,6,8H2,1H3;1H. The summed E-state index contributed by atoms with van der Waals surface area (Å²) in [5, 5.41) is 1.14. The third-order valence-electron chi connectivity index (χ3n) is 4.05. The van der Waals surface area contributed by atoms with E-state index in [9.17, 15) is 0 Å². The van der Waals surface area contributed by atoms with Crippen LogP contribution in [0.15, 0.2) is 28.7 Å². The summed E-state index contributed by atoms with van der Waals surface area (Å²) in [5.74, 6) is 0. The summed E-state index contributed by atoms with van der Waals surface area (Å²) in [5.41, 5.74) is 6.99. The van der Waals surface area contributed by atoms with Gasteiger partial charge in [0.05, 0.1) is 0 Å². The Labute approximate surface area is 118 Å². The smallest absolute Gasteiger partial charge is 0.157 e. The first kappa shape index (κ1) is 12.5. The molecule has 2 nitrogen and oxygen atoms in total. The average molecular weight is 274 g/mol. The first-order chi connectivity index (χ1) is 8.84. The molecule has 0 N–H and O–H groups in total. The Morgan fingerprint density at radius 2 is 1.89 bits per heavy atom. The number of halogens is 1. The fourth-order valence-electron chi connectivity index (χ4n) is 3.09. The van der Waals surface area contributed by atoms with Crippen LogP contribution in [0.4, 0.5) is 0 Å². The van der Waals surface area contributed by atoms with Crippen molar-refractivity contribution in [2.45, 2.75) is 32.6 Å². The van der Waals surface area contributed by atoms with Crippen LogP contribution in [-0.2, 0) is 12.8 Å². The van der Waals surface area contributed by atoms with E-state index in [1.807, 2.05) is 18.2 Å². The molecule has 0 atom stereocenters. The molecule has 4 rings (SSSR count). The molecule has 0 saturated heterocycles. The van der Waals surface area contributed by atoms with Crippen molar-refractivity contribution in [3.63, 3.8) is 0 Å². The molecule has 0 radical (unpaired) electrons. The maximum Gasteiger partial charge on any atom is 0.157 e. The minimum absolute atomic E-state index is 0. The van der Waals surface area contributed by atoms with Gasteiger partial charge in [-0.3, -0.25) is 0 Å². The van der Waals surface area contributed by atoms with Crippen molar-refractivity contribution in [3.05, 3.63) is 41.1 Å². The van der Waals surface area contributed by atoms with Gasteiger partial charge in [-0.1, -0.05) is 12.1 Å². The van der Waals surface area contributed by atoms with E-state index in [-0.39, 0.29) is 12.4 Å². The van der Waals surface area contributed by atoms with E-state index in [1.54, 1.807) is 0 Å². The largest absolute Gasteiger partial charge is 0.454 e. The molecule has 0 bridgehead atoms. The van der Waals surface area contributed by atoms with E-state index in [0.717, 1.165) is 34.9 Å². The average Bonchev–Trinajstić information content (AvgIpc) is 2.79. The predicted octanol–water partition coefficient (Wildman–Crippen LogP) is 4.59. The lowest BCUT2D eigenvalue weighted by molar-refractivity contribution is 0.645. The Kier molecular flexibility index (Phi) is 2.98. The van der Waals surface area contributed by atoms with Crippen LogP contribution in [0.25, 0.3) is 22.1 Å². The van der Waals surface area contributed by atoms with Gasteiger partial charge < -0.3 is 4.42 Å². The van der Waals surface area contributed by atoms with Crippen LogP contribution in [0.5, 0.6) is 0 Å². The van der Waals surface area contributed by atoms with E-state index >= 15 is 0 Å². The number of hydrogen-bond donors (Lipinski definition) is 0. The predicted molar refractivity (Wildman–Crippen MR) is 80.1 cm³/mol. The first-order valence-electron chi connectivity index (χ1n) is 6.64. The molecule has 2 heterocycles. The highest BCUT2D eigenvalue weighted by molar-refractivity contribution is 6.03. The highest BCUT2D eigenvalue weighted by Gasteiger charge is 2.19. The van der Waals surface area contributed by atoms with Crippen LogP contribution in [-0.4, -0.2) is 4.98 Å². The number of aryl methyl sites for hydroxylation is 2. The molecule has 0 fully saturated rings. The lowest BCUT2D eigenvalue weighted by Gasteiger charge is -2.16. The van der Waals surface area contributed by atoms with Gasteiger partial charge in [-0.15, -0.1) is 12.4 Å². The molecule has 1 aliphatic carbocycles. The number of pyridine rings is 1. The van der Waals surface area contributed by atoms with Crippen molar-refractivity contribution < 1.29 is 4.42 Å². The van der Waals surface area contributed by atoms with E-state index < -0.39 is 0 Å². The molecule has 2 aromatic heterocycles. The highest BCUT2D eigenvalue weighted by atomic mass is 35.5. The summed E-state index contributed by atoms with van der Waals surface area (Å²) in [7, 11) is 0. The zero-order chi connectivity index (χ0) is 12.1. The number of aromatic nitrogens is 1. The fraction of sp³-hybridized carbons (Fsp3) is 0.312. The van der Waals surface area contributed by atoms with Gasteiger partial charge >= 0.3 is 0 Å². The number of nitrogens with zero attached hydrogens (tertiary/aromatic N) is 1. The summed E-state index contributed by atoms with van der Waals surface area (Å²) in [6.45, 7) is 2.18. The van der Waals surface area contributed by atoms with Crippen LogP contribution in [0.1, 0.15) is 29.7 Å². The molecule has 0 saturated carbocycles. The SMILES string of the molecule is Cc1c2c(nc3c1oc1ccccc13)CCCC2.Cl. The van der Waals surface area contributed by atoms with E-state index in [2.05, 4.69) is 13.0 Å². The number of fused-ring (bicyclic) bond motifs is 4. The highest BCUT2D eigenvalue weighted by Crippen LogP contribution is 2.34. The van der Waals surface area contributed by atoms with Crippen molar-refractivity contribution in [2.75, 3.05) is 0 Å². The monoisotopic (exact) mass is 273 g/mol. The van der Waals surface area contributed by atoms with Gasteiger partial charge in [-0.2, -0.15) is 0 Å². The third-order valence-corrected chi connectivity index (χ3v) is 4.05. The van der Waals surface area contributed by atoms with Gasteiger partial charge in [0.25, 0.3) is 0 Å². The van der Waals surface area contributed by atoms with Gasteiger partial charge in [0.1, 0.15) is 11.1 Å². The summed E-state index contributed by atoms with van der Waals surface area (Å²) in [6, 6.07) is 8.19. The molecule has 0 spiro atoms. The Morgan fingerprint density at radius 1 is 1.11 bits per heavy atom. The van der Waals surface area contributed by atoms with Crippen LogP contribution in [0.3, 0.4) is 0 Å². The number of rotatable bonds is 0. The van der Waals surface area contributed by atoms with Gasteiger partial charge in [0, 0.05) is 11.1 Å². The van der Waals surface area contributed by atoms with Crippen LogP contribution in [0, 0.1) is 6.92 Å². The number of para-hydroxylation sites is 1. The second-order valence-corrected chi connectivity index (χ2v) is 5.15. The molecule has 0 aliphatic heterocycles. The molecule has 19 heavy (non-hydrogen) atoms. The normalized spacial score (nSPS) is 14.4. The Balaban J connectivity index is 0.00000110. The molecule has 1 aromatic carbocycles. The summed E-state index contributed by atoms with van der Waals surface area (Å²) in [6.07, 6.45) is 4.81. The molecular weight excluding hydrogens is 258 g/mol. The molecule has 0 unspecified atom stereocenters. The van der Waals surface area contributed by atoms with Crippen LogP contribution < -0.4 is 0 Å². The Bertz CT molecular complexity index is 760. The molecule has 3 heteroatoms. The van der Waals surface area contributed by atoms with Crippen LogP contribution >= 0.6 is 12.4 Å². The summed E-state index contributed by atoms with van der Waals surface area (Å²) < 4.78 is 5.99. The zero-order valence-corrected chi connectivity index (χ0v) is 11.7. The van der Waals surface area contributed by atoms with E-state index in [4.69, 9.17) is 9.40 Å². The topological polar surface area (TPSA) is 26.0 Å². The molecule has 3 aromatic rings. The minimum Gasteiger partial charge on any atom is -0.454 e. The zero-order valence-electron chi connectivity index (χ0n) is 10.9. The molecule has 98 valence electrons. The number of furan rings is 1. The van der Waals surface area contributed by atoms with Crippen molar-refractivity contribution in [1.82, 2.24) is 4.98 Å². The second kappa shape index (κ2) is 4.53. The fourth-order valence-corrected chi connectivity index (χ4v) is 3.09. The van der Waals surface area contributed by atoms with Crippen molar-refractivity contribution in [3.8, 4) is 0 Å². The Morgan fingerprint density at radius 3 is 2.79 bits per heavy atom. The van der Waals surface area contributed by atoms with Gasteiger partial charge in [-0.05, 0) is 55.9 Å². The van der Waals surface area contributed by atoms with Crippen LogP contribution in [0.2, 0.25) is 0 Å². The van der Waals surface area contributed by atoms with Crippen molar-refractivity contribution in [2.24, 2.45) is 0 Å². The van der Waals surface area contributed by atoms with Gasteiger partial charge in [0.2, 0.25) is 0 Å². The second-order valence-electron chi connectivity index (χ2n) is 5.15. The number of benzene rings is 1. The van der Waals surface area contributed by atoms with E-state index in [0.29, 0.717) is 0 Å². The van der Waals surface area contributed by atoms with Gasteiger partial charge in [0.15, 0.2) is 5.58 Å². The molecular formula is C16H16ClNO. The summed E-state index contributed by atoms with van der Waals surface area (Å²) in [4.78, 5) is 4.87. The van der Waals surface area contributed by atoms with Crippen molar-refractivity contribution >= 4 is 34.5 Å². The number of hydrogen-bond acceptors (Lipinski definition) is 2. The molecule has 0 amide bonds. The maximum absolute atomic E-state index is 5.99. The lowest BCUT2D eigenvalue weighted by Crippen LogP contribution is -2.07. The minimum atomic E-state index is 0. The molecule has 1 aliphatic rings. The van der Waals surface area contributed by atoms with Gasteiger partial charge in [-0.25, -0.2) is 4.98 Å². The maximum atomic E-state index is 5.99. The Hall–Kier alpha value is -1.54. The first-order valence-corrected chi connectivity index (χ1v) is 6.64.